The maximum Gasteiger partial charge on any atom is 0.262 e. The fourth-order valence-electron chi connectivity index (χ4n) is 5.96. The smallest absolute Gasteiger partial charge is 0.262 e. The van der Waals surface area contributed by atoms with Crippen LogP contribution in [0.5, 0.6) is 0 Å². The molecule has 196 valence electrons. The summed E-state index contributed by atoms with van der Waals surface area (Å²) in [5.41, 5.74) is 0.972. The van der Waals surface area contributed by atoms with Crippen LogP contribution < -0.4 is 10.9 Å². The molecule has 9 nitrogen and oxygen atoms in total. The summed E-state index contributed by atoms with van der Waals surface area (Å²) in [5.74, 6) is -0.203. The standard InChI is InChI=1S/C29H32N6O3/c36-27-24-10-16-35(23-7-4-12-30-17-23)26(24)32-20-34(27)19-21-8-14-33(15-9-21)28(37)29(38)11-13-31-18-25(29)22-5-2-1-3-6-22/h1-7,10,12,16-17,20-21,25,31,38H,8-9,11,13-15,18-19H2/t25-,29+/m0/s1. The minimum Gasteiger partial charge on any atom is -0.379 e. The summed E-state index contributed by atoms with van der Waals surface area (Å²) in [6.07, 6.45) is 8.86. The Kier molecular flexibility index (Phi) is 6.55. The number of piperidine rings is 2. The molecule has 2 aliphatic rings. The first kappa shape index (κ1) is 24.5. The molecule has 5 heterocycles. The van der Waals surface area contributed by atoms with Crippen LogP contribution in [-0.4, -0.2) is 66.8 Å². The summed E-state index contributed by atoms with van der Waals surface area (Å²) >= 11 is 0. The van der Waals surface area contributed by atoms with E-state index in [2.05, 4.69) is 15.3 Å². The van der Waals surface area contributed by atoms with Crippen molar-refractivity contribution >= 4 is 16.9 Å². The molecule has 1 aromatic carbocycles. The third kappa shape index (κ3) is 4.41. The fraction of sp³-hybridized carbons (Fsp3) is 0.379. The predicted molar refractivity (Wildman–Crippen MR) is 144 cm³/mol. The first-order valence-electron chi connectivity index (χ1n) is 13.3. The number of fused-ring (bicyclic) bond motifs is 1. The van der Waals surface area contributed by atoms with Crippen LogP contribution in [0.2, 0.25) is 0 Å². The first-order chi connectivity index (χ1) is 18.5. The Labute approximate surface area is 220 Å². The van der Waals surface area contributed by atoms with Gasteiger partial charge in [-0.2, -0.15) is 0 Å². The number of aliphatic hydroxyl groups is 1. The van der Waals surface area contributed by atoms with E-state index < -0.39 is 5.60 Å². The van der Waals surface area contributed by atoms with Gasteiger partial charge in [0.15, 0.2) is 11.2 Å². The topological polar surface area (TPSA) is 105 Å². The van der Waals surface area contributed by atoms with E-state index in [-0.39, 0.29) is 23.3 Å². The lowest BCUT2D eigenvalue weighted by atomic mass is 9.76. The van der Waals surface area contributed by atoms with Gasteiger partial charge in [-0.15, -0.1) is 0 Å². The quantitative estimate of drug-likeness (QED) is 0.425. The molecule has 2 atom stereocenters. The van der Waals surface area contributed by atoms with Gasteiger partial charge < -0.3 is 15.3 Å². The molecule has 4 aromatic rings. The van der Waals surface area contributed by atoms with Gasteiger partial charge in [-0.05, 0) is 55.5 Å². The summed E-state index contributed by atoms with van der Waals surface area (Å²) in [5, 5.41) is 15.5. The average Bonchev–Trinajstić information content (AvgIpc) is 3.41. The van der Waals surface area contributed by atoms with Crippen molar-refractivity contribution < 1.29 is 9.90 Å². The molecule has 0 radical (unpaired) electrons. The fourth-order valence-corrected chi connectivity index (χ4v) is 5.96. The molecule has 0 aliphatic carbocycles. The molecule has 2 N–H and O–H groups in total. The van der Waals surface area contributed by atoms with E-state index in [4.69, 9.17) is 0 Å². The molecule has 1 amide bonds. The minimum atomic E-state index is -1.41. The minimum absolute atomic E-state index is 0.0640. The number of aromatic nitrogens is 4. The van der Waals surface area contributed by atoms with Gasteiger partial charge in [0, 0.05) is 44.5 Å². The van der Waals surface area contributed by atoms with Gasteiger partial charge in [0.25, 0.3) is 11.5 Å². The summed E-state index contributed by atoms with van der Waals surface area (Å²) < 4.78 is 3.55. The van der Waals surface area contributed by atoms with Gasteiger partial charge in [0.05, 0.1) is 23.6 Å². The average molecular weight is 513 g/mol. The summed E-state index contributed by atoms with van der Waals surface area (Å²) in [4.78, 5) is 37.4. The normalized spacial score (nSPS) is 22.6. The Morgan fingerprint density at radius 3 is 2.68 bits per heavy atom. The Morgan fingerprint density at radius 2 is 1.92 bits per heavy atom. The van der Waals surface area contributed by atoms with Gasteiger partial charge in [0.1, 0.15) is 0 Å². The lowest BCUT2D eigenvalue weighted by molar-refractivity contribution is -0.158. The number of nitrogens with zero attached hydrogens (tertiary/aromatic N) is 5. The van der Waals surface area contributed by atoms with E-state index in [0.717, 1.165) is 24.1 Å². The van der Waals surface area contributed by atoms with E-state index in [1.54, 1.807) is 29.4 Å². The second-order valence-corrected chi connectivity index (χ2v) is 10.4. The van der Waals surface area contributed by atoms with Crippen molar-refractivity contribution in [2.75, 3.05) is 26.2 Å². The van der Waals surface area contributed by atoms with E-state index >= 15 is 0 Å². The third-order valence-electron chi connectivity index (χ3n) is 8.13. The highest BCUT2D eigenvalue weighted by Gasteiger charge is 2.48. The van der Waals surface area contributed by atoms with Crippen LogP contribution in [-0.2, 0) is 11.3 Å². The molecule has 0 unspecified atom stereocenters. The number of amides is 1. The molecule has 0 saturated carbocycles. The zero-order valence-electron chi connectivity index (χ0n) is 21.2. The van der Waals surface area contributed by atoms with Gasteiger partial charge in [-0.1, -0.05) is 30.3 Å². The van der Waals surface area contributed by atoms with E-state index in [0.29, 0.717) is 50.2 Å². The highest BCUT2D eigenvalue weighted by Crippen LogP contribution is 2.36. The van der Waals surface area contributed by atoms with Crippen LogP contribution in [0, 0.1) is 5.92 Å². The summed E-state index contributed by atoms with van der Waals surface area (Å²) in [6, 6.07) is 15.4. The number of likely N-dealkylation sites (tertiary alicyclic amines) is 1. The molecular formula is C29H32N6O3. The first-order valence-corrected chi connectivity index (χ1v) is 13.3. The lowest BCUT2D eigenvalue weighted by Gasteiger charge is -2.43. The van der Waals surface area contributed by atoms with Crippen molar-refractivity contribution in [1.29, 1.82) is 0 Å². The highest BCUT2D eigenvalue weighted by molar-refractivity contribution is 5.86. The predicted octanol–water partition coefficient (Wildman–Crippen LogP) is 2.33. The van der Waals surface area contributed by atoms with Crippen LogP contribution in [0.25, 0.3) is 16.7 Å². The van der Waals surface area contributed by atoms with Gasteiger partial charge in [0.2, 0.25) is 0 Å². The van der Waals surface area contributed by atoms with Crippen LogP contribution >= 0.6 is 0 Å². The van der Waals surface area contributed by atoms with Gasteiger partial charge in [-0.25, -0.2) is 4.98 Å². The number of carbonyl (C=O) groups is 1. The molecule has 9 heteroatoms. The number of hydrogen-bond acceptors (Lipinski definition) is 6. The zero-order chi connectivity index (χ0) is 26.1. The summed E-state index contributed by atoms with van der Waals surface area (Å²) in [7, 11) is 0. The van der Waals surface area contributed by atoms with Crippen LogP contribution in [0.15, 0.2) is 78.2 Å². The van der Waals surface area contributed by atoms with Crippen LogP contribution in [0.4, 0.5) is 0 Å². The molecule has 3 aromatic heterocycles. The molecule has 6 rings (SSSR count). The van der Waals surface area contributed by atoms with Crippen LogP contribution in [0.3, 0.4) is 0 Å². The van der Waals surface area contributed by atoms with Crippen molar-refractivity contribution in [3.63, 3.8) is 0 Å². The highest BCUT2D eigenvalue weighted by atomic mass is 16.3. The Morgan fingerprint density at radius 1 is 1.11 bits per heavy atom. The molecule has 2 fully saturated rings. The number of rotatable bonds is 5. The van der Waals surface area contributed by atoms with Gasteiger partial charge in [-0.3, -0.25) is 23.7 Å². The van der Waals surface area contributed by atoms with Crippen molar-refractivity contribution in [2.45, 2.75) is 37.3 Å². The maximum absolute atomic E-state index is 13.6. The van der Waals surface area contributed by atoms with Crippen molar-refractivity contribution in [3.8, 4) is 5.69 Å². The van der Waals surface area contributed by atoms with Crippen molar-refractivity contribution in [1.82, 2.24) is 29.3 Å². The summed E-state index contributed by atoms with van der Waals surface area (Å²) in [6.45, 7) is 2.89. The van der Waals surface area contributed by atoms with Crippen molar-refractivity contribution in [3.05, 3.63) is 89.4 Å². The van der Waals surface area contributed by atoms with E-state index in [9.17, 15) is 14.7 Å². The molecule has 0 bridgehead atoms. The Bertz CT molecular complexity index is 1480. The van der Waals surface area contributed by atoms with Crippen LogP contribution in [0.1, 0.15) is 30.7 Å². The number of pyridine rings is 1. The number of benzene rings is 1. The van der Waals surface area contributed by atoms with E-state index in [1.165, 1.54) is 0 Å². The number of nitrogens with one attached hydrogen (secondary N) is 1. The molecular weight excluding hydrogens is 480 g/mol. The molecule has 2 saturated heterocycles. The zero-order valence-corrected chi connectivity index (χ0v) is 21.2. The van der Waals surface area contributed by atoms with E-state index in [1.807, 2.05) is 58.1 Å². The third-order valence-corrected chi connectivity index (χ3v) is 8.13. The lowest BCUT2D eigenvalue weighted by Crippen LogP contribution is -2.59. The maximum atomic E-state index is 13.6. The molecule has 38 heavy (non-hydrogen) atoms. The Hall–Kier alpha value is -3.82. The second-order valence-electron chi connectivity index (χ2n) is 10.4. The molecule has 0 spiro atoms. The SMILES string of the molecule is O=C(N1CCC(Cn2cnc3c(ccn3-c3cccnc3)c2=O)CC1)[C@@]1(O)CCNC[C@H]1c1ccccc1. The largest absolute Gasteiger partial charge is 0.379 e. The number of carbonyl (C=O) groups excluding carboxylic acids is 1. The Balaban J connectivity index is 1.14. The molecule has 2 aliphatic heterocycles. The monoisotopic (exact) mass is 512 g/mol. The number of hydrogen-bond donors (Lipinski definition) is 2. The van der Waals surface area contributed by atoms with Gasteiger partial charge >= 0.3 is 0 Å². The van der Waals surface area contributed by atoms with Crippen molar-refractivity contribution in [2.24, 2.45) is 5.92 Å². The second kappa shape index (κ2) is 10.2.